The van der Waals surface area contributed by atoms with Crippen LogP contribution in [0.4, 0.5) is 0 Å². The van der Waals surface area contributed by atoms with Gasteiger partial charge in [-0.25, -0.2) is 0 Å². The van der Waals surface area contributed by atoms with Crippen LogP contribution in [0.1, 0.15) is 25.5 Å². The summed E-state index contributed by atoms with van der Waals surface area (Å²) in [4.78, 5) is 0. The van der Waals surface area contributed by atoms with Gasteiger partial charge in [0, 0.05) is 18.8 Å². The molecule has 0 spiro atoms. The summed E-state index contributed by atoms with van der Waals surface area (Å²) in [6.07, 6.45) is 3.67. The van der Waals surface area contributed by atoms with E-state index in [1.54, 1.807) is 10.9 Å². The van der Waals surface area contributed by atoms with Crippen molar-refractivity contribution >= 4 is 0 Å². The second kappa shape index (κ2) is 3.81. The molecule has 0 fully saturated rings. The largest absolute Gasteiger partial charge is 0.275 e. The Morgan fingerprint density at radius 3 is 2.73 bits per heavy atom. The third-order valence-corrected chi connectivity index (χ3v) is 2.27. The summed E-state index contributed by atoms with van der Waals surface area (Å²) >= 11 is 0. The van der Waals surface area contributed by atoms with Gasteiger partial charge in [0.05, 0.1) is 17.6 Å². The Bertz CT molecular complexity index is 459. The minimum Gasteiger partial charge on any atom is -0.275 e. The molecule has 0 aliphatic rings. The van der Waals surface area contributed by atoms with Gasteiger partial charge in [-0.15, -0.1) is 0 Å². The van der Waals surface area contributed by atoms with E-state index >= 15 is 0 Å². The van der Waals surface area contributed by atoms with E-state index in [0.29, 0.717) is 5.92 Å². The molecule has 15 heavy (non-hydrogen) atoms. The van der Waals surface area contributed by atoms with Crippen LogP contribution < -0.4 is 0 Å². The van der Waals surface area contributed by atoms with E-state index in [4.69, 9.17) is 0 Å². The van der Waals surface area contributed by atoms with Crippen LogP contribution in [-0.4, -0.2) is 20.0 Å². The molecule has 2 rings (SSSR count). The number of hydrogen-bond donors (Lipinski definition) is 0. The molecule has 0 saturated carbocycles. The molecular formula is C11H14N4. The highest BCUT2D eigenvalue weighted by Gasteiger charge is 2.06. The van der Waals surface area contributed by atoms with E-state index < -0.39 is 0 Å². The summed E-state index contributed by atoms with van der Waals surface area (Å²) in [5.41, 5.74) is 2.96. The zero-order valence-electron chi connectivity index (χ0n) is 9.18. The number of aromatic nitrogens is 4. The smallest absolute Gasteiger partial charge is 0.0939 e. The van der Waals surface area contributed by atoms with Gasteiger partial charge in [-0.1, -0.05) is 13.8 Å². The van der Waals surface area contributed by atoms with Gasteiger partial charge >= 0.3 is 0 Å². The van der Waals surface area contributed by atoms with Gasteiger partial charge in [0.25, 0.3) is 0 Å². The third-order valence-electron chi connectivity index (χ3n) is 2.27. The molecular weight excluding hydrogens is 188 g/mol. The van der Waals surface area contributed by atoms with E-state index in [1.807, 2.05) is 25.4 Å². The van der Waals surface area contributed by atoms with E-state index in [0.717, 1.165) is 17.0 Å². The van der Waals surface area contributed by atoms with Crippen molar-refractivity contribution in [1.82, 2.24) is 20.0 Å². The maximum Gasteiger partial charge on any atom is 0.0939 e. The average Bonchev–Trinajstić information content (AvgIpc) is 2.65. The number of rotatable bonds is 2. The van der Waals surface area contributed by atoms with Crippen molar-refractivity contribution in [3.05, 3.63) is 30.2 Å². The molecule has 0 radical (unpaired) electrons. The highest BCUT2D eigenvalue weighted by molar-refractivity contribution is 5.57. The van der Waals surface area contributed by atoms with Crippen LogP contribution in [0.3, 0.4) is 0 Å². The predicted molar refractivity (Wildman–Crippen MR) is 58.3 cm³/mol. The van der Waals surface area contributed by atoms with Crippen LogP contribution in [-0.2, 0) is 7.05 Å². The van der Waals surface area contributed by atoms with E-state index in [9.17, 15) is 0 Å². The van der Waals surface area contributed by atoms with Crippen LogP contribution in [0.5, 0.6) is 0 Å². The monoisotopic (exact) mass is 202 g/mol. The van der Waals surface area contributed by atoms with Crippen molar-refractivity contribution in [3.63, 3.8) is 0 Å². The second-order valence-electron chi connectivity index (χ2n) is 3.90. The zero-order chi connectivity index (χ0) is 10.8. The first kappa shape index (κ1) is 9.83. The zero-order valence-corrected chi connectivity index (χ0v) is 9.18. The fourth-order valence-electron chi connectivity index (χ4n) is 1.37. The van der Waals surface area contributed by atoms with Crippen molar-refractivity contribution < 1.29 is 0 Å². The van der Waals surface area contributed by atoms with Gasteiger partial charge in [-0.2, -0.15) is 15.3 Å². The number of aryl methyl sites for hydroxylation is 1. The van der Waals surface area contributed by atoms with Gasteiger partial charge in [-0.3, -0.25) is 4.68 Å². The van der Waals surface area contributed by atoms with Crippen molar-refractivity contribution in [2.75, 3.05) is 0 Å². The molecule has 4 heteroatoms. The molecule has 2 heterocycles. The average molecular weight is 202 g/mol. The van der Waals surface area contributed by atoms with E-state index in [-0.39, 0.29) is 0 Å². The van der Waals surface area contributed by atoms with Gasteiger partial charge in [0.1, 0.15) is 0 Å². The second-order valence-corrected chi connectivity index (χ2v) is 3.90. The fraction of sp³-hybridized carbons (Fsp3) is 0.364. The molecule has 0 atom stereocenters. The quantitative estimate of drug-likeness (QED) is 0.748. The number of hydrogen-bond acceptors (Lipinski definition) is 3. The molecule has 4 nitrogen and oxygen atoms in total. The molecule has 0 unspecified atom stereocenters. The first-order valence-corrected chi connectivity index (χ1v) is 4.99. The first-order chi connectivity index (χ1) is 7.16. The summed E-state index contributed by atoms with van der Waals surface area (Å²) < 4.78 is 1.78. The third kappa shape index (κ3) is 2.03. The van der Waals surface area contributed by atoms with Gasteiger partial charge in [0.15, 0.2) is 0 Å². The molecule has 0 saturated heterocycles. The lowest BCUT2D eigenvalue weighted by atomic mass is 10.1. The van der Waals surface area contributed by atoms with E-state index in [2.05, 4.69) is 29.1 Å². The van der Waals surface area contributed by atoms with Crippen molar-refractivity contribution in [3.8, 4) is 11.3 Å². The van der Waals surface area contributed by atoms with Gasteiger partial charge in [0.2, 0.25) is 0 Å². The van der Waals surface area contributed by atoms with Crippen molar-refractivity contribution in [1.29, 1.82) is 0 Å². The summed E-state index contributed by atoms with van der Waals surface area (Å²) in [5, 5.41) is 12.4. The number of nitrogens with zero attached hydrogens (tertiary/aromatic N) is 4. The standard InChI is InChI=1S/C11H14N4/c1-8(2)11-6-9(7-12-13-11)10-4-5-15(3)14-10/h4-8H,1-3H3. The minimum absolute atomic E-state index is 0.390. The predicted octanol–water partition coefficient (Wildman–Crippen LogP) is 2.00. The lowest BCUT2D eigenvalue weighted by molar-refractivity contribution is 0.767. The summed E-state index contributed by atoms with van der Waals surface area (Å²) in [6.45, 7) is 4.21. The maximum absolute atomic E-state index is 4.33. The topological polar surface area (TPSA) is 43.6 Å². The van der Waals surface area contributed by atoms with Crippen LogP contribution in [0.15, 0.2) is 24.5 Å². The van der Waals surface area contributed by atoms with Gasteiger partial charge < -0.3 is 0 Å². The van der Waals surface area contributed by atoms with Crippen LogP contribution in [0.2, 0.25) is 0 Å². The Labute approximate surface area is 89.0 Å². The lowest BCUT2D eigenvalue weighted by Crippen LogP contribution is -1.96. The molecule has 0 aliphatic carbocycles. The van der Waals surface area contributed by atoms with Gasteiger partial charge in [-0.05, 0) is 18.1 Å². The summed E-state index contributed by atoms with van der Waals surface area (Å²) in [6, 6.07) is 4.01. The Morgan fingerprint density at radius 1 is 1.33 bits per heavy atom. The van der Waals surface area contributed by atoms with Crippen LogP contribution in [0, 0.1) is 0 Å². The van der Waals surface area contributed by atoms with Crippen molar-refractivity contribution in [2.45, 2.75) is 19.8 Å². The minimum atomic E-state index is 0.390. The summed E-state index contributed by atoms with van der Waals surface area (Å²) in [5.74, 6) is 0.390. The van der Waals surface area contributed by atoms with Crippen molar-refractivity contribution in [2.24, 2.45) is 7.05 Å². The van der Waals surface area contributed by atoms with Crippen LogP contribution in [0.25, 0.3) is 11.3 Å². The normalized spacial score (nSPS) is 10.9. The lowest BCUT2D eigenvalue weighted by Gasteiger charge is -2.03. The highest BCUT2D eigenvalue weighted by Crippen LogP contribution is 2.19. The fourth-order valence-corrected chi connectivity index (χ4v) is 1.37. The first-order valence-electron chi connectivity index (χ1n) is 4.99. The van der Waals surface area contributed by atoms with E-state index in [1.165, 1.54) is 0 Å². The molecule has 0 N–H and O–H groups in total. The SMILES string of the molecule is CC(C)c1cc(-c2ccn(C)n2)cnn1. The highest BCUT2D eigenvalue weighted by atomic mass is 15.2. The molecule has 0 amide bonds. The molecule has 0 aromatic carbocycles. The Kier molecular flexibility index (Phi) is 2.49. The Morgan fingerprint density at radius 2 is 2.13 bits per heavy atom. The summed E-state index contributed by atoms with van der Waals surface area (Å²) in [7, 11) is 1.90. The maximum atomic E-state index is 4.33. The molecule has 0 bridgehead atoms. The molecule has 78 valence electrons. The molecule has 2 aromatic heterocycles. The Hall–Kier alpha value is -1.71. The van der Waals surface area contributed by atoms with Crippen LogP contribution >= 0.6 is 0 Å². The molecule has 2 aromatic rings. The Balaban J connectivity index is 2.41. The molecule has 0 aliphatic heterocycles.